The fourth-order valence-corrected chi connectivity index (χ4v) is 3.10. The van der Waals surface area contributed by atoms with Gasteiger partial charge in [0.2, 0.25) is 0 Å². The SMILES string of the molecule is CCCCC(CNC(=O)OC(C)(C)C)NC(=NC)NCc1csc(N(C)C)n1. The number of nitrogens with one attached hydrogen (secondary N) is 3. The molecule has 0 spiro atoms. The number of ether oxygens (including phenoxy) is 1. The van der Waals surface area contributed by atoms with E-state index in [2.05, 4.69) is 32.9 Å². The quantitative estimate of drug-likeness (QED) is 0.427. The van der Waals surface area contributed by atoms with Gasteiger partial charge in [0.05, 0.1) is 12.2 Å². The smallest absolute Gasteiger partial charge is 0.407 e. The Bertz CT molecular complexity index is 624. The number of guanidine groups is 1. The number of thiazole rings is 1. The number of hydrogen-bond donors (Lipinski definition) is 3. The second kappa shape index (κ2) is 11.7. The Kier molecular flexibility index (Phi) is 10.1. The molecule has 3 N–H and O–H groups in total. The third kappa shape index (κ3) is 9.77. The van der Waals surface area contributed by atoms with Crippen LogP contribution in [0.5, 0.6) is 0 Å². The Morgan fingerprint density at radius 1 is 1.36 bits per heavy atom. The van der Waals surface area contributed by atoms with Crippen LogP contribution in [0.25, 0.3) is 0 Å². The number of aromatic nitrogens is 1. The van der Waals surface area contributed by atoms with Crippen LogP contribution in [-0.2, 0) is 11.3 Å². The number of anilines is 1. The van der Waals surface area contributed by atoms with Gasteiger partial charge in [0, 0.05) is 39.1 Å². The summed E-state index contributed by atoms with van der Waals surface area (Å²) in [6.45, 7) is 8.76. The minimum Gasteiger partial charge on any atom is -0.444 e. The molecule has 1 atom stereocenters. The van der Waals surface area contributed by atoms with Crippen molar-refractivity contribution in [1.82, 2.24) is 20.9 Å². The molecule has 0 aromatic carbocycles. The zero-order valence-electron chi connectivity index (χ0n) is 18.3. The molecule has 0 radical (unpaired) electrons. The summed E-state index contributed by atoms with van der Waals surface area (Å²) in [5.74, 6) is 0.687. The lowest BCUT2D eigenvalue weighted by atomic mass is 10.1. The maximum atomic E-state index is 11.9. The number of alkyl carbamates (subject to hydrolysis) is 1. The number of carbonyl (C=O) groups is 1. The van der Waals surface area contributed by atoms with Crippen LogP contribution in [0.3, 0.4) is 0 Å². The Labute approximate surface area is 173 Å². The van der Waals surface area contributed by atoms with Crippen LogP contribution in [0.4, 0.5) is 9.93 Å². The van der Waals surface area contributed by atoms with E-state index in [9.17, 15) is 4.79 Å². The first kappa shape index (κ1) is 24.0. The van der Waals surface area contributed by atoms with Crippen LogP contribution in [0.2, 0.25) is 0 Å². The first-order valence-corrected chi connectivity index (χ1v) is 10.6. The summed E-state index contributed by atoms with van der Waals surface area (Å²) in [5, 5.41) is 12.5. The van der Waals surface area contributed by atoms with Crippen LogP contribution >= 0.6 is 11.3 Å². The third-order valence-electron chi connectivity index (χ3n) is 3.72. The van der Waals surface area contributed by atoms with Crippen LogP contribution in [-0.4, -0.2) is 56.4 Å². The highest BCUT2D eigenvalue weighted by Gasteiger charge is 2.18. The molecule has 1 heterocycles. The minimum absolute atomic E-state index is 0.0615. The number of carbonyl (C=O) groups excluding carboxylic acids is 1. The van der Waals surface area contributed by atoms with Crippen molar-refractivity contribution >= 4 is 28.5 Å². The predicted molar refractivity (Wildman–Crippen MR) is 117 cm³/mol. The van der Waals surface area contributed by atoms with Crippen molar-refractivity contribution in [3.05, 3.63) is 11.1 Å². The first-order valence-electron chi connectivity index (χ1n) is 9.70. The molecule has 0 saturated heterocycles. The van der Waals surface area contributed by atoms with Crippen molar-refractivity contribution in [3.8, 4) is 0 Å². The van der Waals surface area contributed by atoms with Gasteiger partial charge in [-0.1, -0.05) is 19.8 Å². The van der Waals surface area contributed by atoms with Crippen LogP contribution in [0, 0.1) is 0 Å². The van der Waals surface area contributed by atoms with E-state index in [4.69, 9.17) is 4.74 Å². The van der Waals surface area contributed by atoms with E-state index in [1.807, 2.05) is 45.1 Å². The van der Waals surface area contributed by atoms with Gasteiger partial charge < -0.3 is 25.6 Å². The zero-order chi connectivity index (χ0) is 21.2. The molecule has 1 aromatic heterocycles. The number of amides is 1. The van der Waals surface area contributed by atoms with Gasteiger partial charge in [-0.2, -0.15) is 0 Å². The van der Waals surface area contributed by atoms with Gasteiger partial charge in [0.25, 0.3) is 0 Å². The van der Waals surface area contributed by atoms with Crippen molar-refractivity contribution in [3.63, 3.8) is 0 Å². The summed E-state index contributed by atoms with van der Waals surface area (Å²) in [7, 11) is 5.69. The molecular formula is C19H36N6O2S. The van der Waals surface area contributed by atoms with Gasteiger partial charge in [-0.3, -0.25) is 4.99 Å². The number of rotatable bonds is 9. The second-order valence-electron chi connectivity index (χ2n) is 7.81. The van der Waals surface area contributed by atoms with Gasteiger partial charge in [-0.05, 0) is 27.2 Å². The highest BCUT2D eigenvalue weighted by molar-refractivity contribution is 7.13. The van der Waals surface area contributed by atoms with Crippen molar-refractivity contribution in [2.45, 2.75) is 65.1 Å². The van der Waals surface area contributed by atoms with Crippen molar-refractivity contribution < 1.29 is 9.53 Å². The van der Waals surface area contributed by atoms with Gasteiger partial charge in [-0.25, -0.2) is 9.78 Å². The molecule has 160 valence electrons. The molecule has 0 saturated carbocycles. The monoisotopic (exact) mass is 412 g/mol. The van der Waals surface area contributed by atoms with Crippen molar-refractivity contribution in [2.75, 3.05) is 32.6 Å². The average molecular weight is 413 g/mol. The maximum absolute atomic E-state index is 11.9. The summed E-state index contributed by atoms with van der Waals surface area (Å²) in [4.78, 5) is 22.8. The Morgan fingerprint density at radius 3 is 2.61 bits per heavy atom. The van der Waals surface area contributed by atoms with Crippen LogP contribution in [0.1, 0.15) is 52.7 Å². The van der Waals surface area contributed by atoms with Gasteiger partial charge in [-0.15, -0.1) is 11.3 Å². The highest BCUT2D eigenvalue weighted by Crippen LogP contribution is 2.17. The molecule has 0 aliphatic carbocycles. The number of hydrogen-bond acceptors (Lipinski definition) is 6. The van der Waals surface area contributed by atoms with Crippen LogP contribution in [0.15, 0.2) is 10.4 Å². The first-order chi connectivity index (χ1) is 13.1. The summed E-state index contributed by atoms with van der Waals surface area (Å²) < 4.78 is 5.32. The Hall–Kier alpha value is -2.03. The van der Waals surface area contributed by atoms with Crippen molar-refractivity contribution in [1.29, 1.82) is 0 Å². The molecule has 0 aliphatic rings. The molecule has 0 fully saturated rings. The fraction of sp³-hybridized carbons (Fsp3) is 0.737. The molecule has 1 unspecified atom stereocenters. The molecule has 28 heavy (non-hydrogen) atoms. The largest absolute Gasteiger partial charge is 0.444 e. The lowest BCUT2D eigenvalue weighted by Gasteiger charge is -2.24. The molecule has 1 aromatic rings. The topological polar surface area (TPSA) is 90.9 Å². The van der Waals surface area contributed by atoms with E-state index >= 15 is 0 Å². The molecule has 9 heteroatoms. The Morgan fingerprint density at radius 2 is 2.07 bits per heavy atom. The second-order valence-corrected chi connectivity index (χ2v) is 8.64. The summed E-state index contributed by atoms with van der Waals surface area (Å²) in [6.07, 6.45) is 2.66. The number of unbranched alkanes of at least 4 members (excludes halogenated alkanes) is 1. The summed E-state index contributed by atoms with van der Waals surface area (Å²) in [6, 6.07) is 0.0615. The maximum Gasteiger partial charge on any atom is 0.407 e. The van der Waals surface area contributed by atoms with E-state index in [-0.39, 0.29) is 6.04 Å². The highest BCUT2D eigenvalue weighted by atomic mass is 32.1. The molecule has 0 bridgehead atoms. The predicted octanol–water partition coefficient (Wildman–Crippen LogP) is 2.96. The average Bonchev–Trinajstić information content (AvgIpc) is 3.08. The molecule has 1 amide bonds. The van der Waals surface area contributed by atoms with Crippen LogP contribution < -0.4 is 20.9 Å². The van der Waals surface area contributed by atoms with Gasteiger partial charge in [0.15, 0.2) is 11.1 Å². The minimum atomic E-state index is -0.507. The lowest BCUT2D eigenvalue weighted by Crippen LogP contribution is -2.48. The zero-order valence-corrected chi connectivity index (χ0v) is 19.1. The summed E-state index contributed by atoms with van der Waals surface area (Å²) >= 11 is 1.61. The van der Waals surface area contributed by atoms with E-state index in [1.165, 1.54) is 0 Å². The van der Waals surface area contributed by atoms with E-state index in [1.54, 1.807) is 18.4 Å². The van der Waals surface area contributed by atoms with E-state index < -0.39 is 11.7 Å². The van der Waals surface area contributed by atoms with E-state index in [0.717, 1.165) is 30.1 Å². The molecule has 0 aliphatic heterocycles. The number of nitrogens with zero attached hydrogens (tertiary/aromatic N) is 3. The Balaban J connectivity index is 2.57. The third-order valence-corrected chi connectivity index (χ3v) is 4.78. The van der Waals surface area contributed by atoms with Gasteiger partial charge in [0.1, 0.15) is 5.60 Å². The normalized spacial score (nSPS) is 13.0. The van der Waals surface area contributed by atoms with E-state index in [0.29, 0.717) is 19.0 Å². The van der Waals surface area contributed by atoms with Gasteiger partial charge >= 0.3 is 6.09 Å². The molecular weight excluding hydrogens is 376 g/mol. The fourth-order valence-electron chi connectivity index (χ4n) is 2.34. The van der Waals surface area contributed by atoms with Crippen molar-refractivity contribution in [2.24, 2.45) is 4.99 Å². The number of aliphatic imine (C=N–C) groups is 1. The molecule has 1 rings (SSSR count). The summed E-state index contributed by atoms with van der Waals surface area (Å²) in [5.41, 5.74) is 0.459. The lowest BCUT2D eigenvalue weighted by molar-refractivity contribution is 0.0523. The standard InChI is InChI=1S/C19H36N6O2S/c1-8-9-10-14(11-22-18(26)27-19(2,3)4)23-16(20-5)21-12-15-13-28-17(24-15)25(6)7/h13-14H,8-12H2,1-7H3,(H,22,26)(H2,20,21,23). The molecule has 8 nitrogen and oxygen atoms in total.